The van der Waals surface area contributed by atoms with Crippen LogP contribution in [0.2, 0.25) is 0 Å². The first-order valence-electron chi connectivity index (χ1n) is 6.91. The van der Waals surface area contributed by atoms with Gasteiger partial charge in [-0.25, -0.2) is 5.43 Å². The minimum Gasteiger partial charge on any atom is -0.493 e. The summed E-state index contributed by atoms with van der Waals surface area (Å²) in [6, 6.07) is 13.1. The molecule has 0 aromatic heterocycles. The van der Waals surface area contributed by atoms with Crippen LogP contribution in [0, 0.1) is 0 Å². The van der Waals surface area contributed by atoms with Crippen molar-refractivity contribution in [1.29, 1.82) is 0 Å². The van der Waals surface area contributed by atoms with Gasteiger partial charge in [-0.2, -0.15) is 5.10 Å². The van der Waals surface area contributed by atoms with E-state index in [1.807, 2.05) is 36.4 Å². The highest BCUT2D eigenvalue weighted by atomic mass is 79.9. The minimum atomic E-state index is -0.174. The molecule has 0 aliphatic rings. The van der Waals surface area contributed by atoms with E-state index >= 15 is 0 Å². The van der Waals surface area contributed by atoms with Gasteiger partial charge in [-0.1, -0.05) is 30.3 Å². The summed E-state index contributed by atoms with van der Waals surface area (Å²) >= 11 is 3.41. The highest BCUT2D eigenvalue weighted by molar-refractivity contribution is 9.10. The van der Waals surface area contributed by atoms with Crippen molar-refractivity contribution in [3.63, 3.8) is 0 Å². The van der Waals surface area contributed by atoms with Crippen molar-refractivity contribution in [3.05, 3.63) is 58.1 Å². The fourth-order valence-corrected chi connectivity index (χ4v) is 2.63. The summed E-state index contributed by atoms with van der Waals surface area (Å²) in [7, 11) is 3.13. The van der Waals surface area contributed by atoms with Crippen LogP contribution in [0.3, 0.4) is 0 Å². The molecule has 120 valence electrons. The minimum absolute atomic E-state index is 0.174. The number of hydrazone groups is 1. The smallest absolute Gasteiger partial charge is 0.244 e. The zero-order chi connectivity index (χ0) is 16.7. The van der Waals surface area contributed by atoms with Crippen molar-refractivity contribution in [3.8, 4) is 11.5 Å². The van der Waals surface area contributed by atoms with Gasteiger partial charge >= 0.3 is 0 Å². The SMILES string of the molecule is COc1cc(/C=N/NC(=O)Cc2ccccc2)cc(Br)c1OC. The average Bonchev–Trinajstić information content (AvgIpc) is 2.55. The van der Waals surface area contributed by atoms with Crippen molar-refractivity contribution in [2.75, 3.05) is 14.2 Å². The molecule has 0 bridgehead atoms. The van der Waals surface area contributed by atoms with Gasteiger partial charge in [-0.15, -0.1) is 0 Å². The van der Waals surface area contributed by atoms with Crippen LogP contribution in [-0.2, 0) is 11.2 Å². The van der Waals surface area contributed by atoms with E-state index in [9.17, 15) is 4.79 Å². The van der Waals surface area contributed by atoms with Gasteiger partial charge in [0.1, 0.15) is 0 Å². The standard InChI is InChI=1S/C17H17BrN2O3/c1-22-15-9-13(8-14(18)17(15)23-2)11-19-20-16(21)10-12-6-4-3-5-7-12/h3-9,11H,10H2,1-2H3,(H,20,21)/b19-11+. The Balaban J connectivity index is 2.00. The molecule has 0 fully saturated rings. The zero-order valence-corrected chi connectivity index (χ0v) is 14.5. The zero-order valence-electron chi connectivity index (χ0n) is 12.9. The van der Waals surface area contributed by atoms with Crippen LogP contribution in [0.1, 0.15) is 11.1 Å². The molecule has 0 saturated heterocycles. The summed E-state index contributed by atoms with van der Waals surface area (Å²) in [6.45, 7) is 0. The molecule has 0 saturated carbocycles. The summed E-state index contributed by atoms with van der Waals surface area (Å²) in [5.74, 6) is 1.02. The predicted octanol–water partition coefficient (Wildman–Crippen LogP) is 3.16. The van der Waals surface area contributed by atoms with Crippen LogP contribution in [0.5, 0.6) is 11.5 Å². The highest BCUT2D eigenvalue weighted by Gasteiger charge is 2.09. The summed E-state index contributed by atoms with van der Waals surface area (Å²) in [5, 5.41) is 3.97. The molecule has 2 rings (SSSR count). The number of hydrogen-bond donors (Lipinski definition) is 1. The molecule has 0 atom stereocenters. The highest BCUT2D eigenvalue weighted by Crippen LogP contribution is 2.35. The molecule has 0 radical (unpaired) electrons. The number of halogens is 1. The molecule has 0 aliphatic carbocycles. The third kappa shape index (κ3) is 4.82. The molecule has 6 heteroatoms. The topological polar surface area (TPSA) is 59.9 Å². The lowest BCUT2D eigenvalue weighted by molar-refractivity contribution is -0.120. The van der Waals surface area contributed by atoms with E-state index in [0.29, 0.717) is 11.5 Å². The van der Waals surface area contributed by atoms with E-state index < -0.39 is 0 Å². The number of rotatable bonds is 6. The number of amides is 1. The molecule has 1 amide bonds. The molecule has 5 nitrogen and oxygen atoms in total. The number of carbonyl (C=O) groups is 1. The lowest BCUT2D eigenvalue weighted by Crippen LogP contribution is -2.19. The van der Waals surface area contributed by atoms with E-state index in [-0.39, 0.29) is 12.3 Å². The first-order chi connectivity index (χ1) is 11.1. The van der Waals surface area contributed by atoms with Crippen molar-refractivity contribution in [2.45, 2.75) is 6.42 Å². The number of ether oxygens (including phenoxy) is 2. The van der Waals surface area contributed by atoms with Gasteiger partial charge in [0.25, 0.3) is 0 Å². The van der Waals surface area contributed by atoms with Crippen LogP contribution in [0.25, 0.3) is 0 Å². The monoisotopic (exact) mass is 376 g/mol. The Morgan fingerprint density at radius 3 is 2.61 bits per heavy atom. The molecular weight excluding hydrogens is 360 g/mol. The second-order valence-corrected chi connectivity index (χ2v) is 5.55. The van der Waals surface area contributed by atoms with Gasteiger partial charge in [0.15, 0.2) is 11.5 Å². The Hall–Kier alpha value is -2.34. The molecule has 2 aromatic rings. The fourth-order valence-electron chi connectivity index (χ4n) is 2.01. The van der Waals surface area contributed by atoms with Gasteiger partial charge in [0.2, 0.25) is 5.91 Å². The second-order valence-electron chi connectivity index (χ2n) is 4.69. The number of carbonyl (C=O) groups excluding carboxylic acids is 1. The number of nitrogens with zero attached hydrogens (tertiary/aromatic N) is 1. The van der Waals surface area contributed by atoms with Crippen molar-refractivity contribution < 1.29 is 14.3 Å². The normalized spacial score (nSPS) is 10.6. The summed E-state index contributed by atoms with van der Waals surface area (Å²) < 4.78 is 11.3. The fraction of sp³-hybridized carbons (Fsp3) is 0.176. The summed E-state index contributed by atoms with van der Waals surface area (Å²) in [4.78, 5) is 11.8. The van der Waals surface area contributed by atoms with Crippen LogP contribution in [0.15, 0.2) is 52.0 Å². The quantitative estimate of drug-likeness (QED) is 0.622. The number of methoxy groups -OCH3 is 2. The average molecular weight is 377 g/mol. The summed E-state index contributed by atoms with van der Waals surface area (Å²) in [6.07, 6.45) is 1.84. The number of benzene rings is 2. The van der Waals surface area contributed by atoms with Gasteiger partial charge in [0, 0.05) is 0 Å². The molecule has 0 unspecified atom stereocenters. The predicted molar refractivity (Wildman–Crippen MR) is 93.1 cm³/mol. The Bertz CT molecular complexity index is 702. The lowest BCUT2D eigenvalue weighted by Gasteiger charge is -2.10. The Labute approximate surface area is 143 Å². The molecule has 1 N–H and O–H groups in total. The van der Waals surface area contributed by atoms with E-state index in [2.05, 4.69) is 26.5 Å². The first kappa shape index (κ1) is 17.0. The Morgan fingerprint density at radius 1 is 1.22 bits per heavy atom. The Morgan fingerprint density at radius 2 is 1.96 bits per heavy atom. The second kappa shape index (κ2) is 8.33. The van der Waals surface area contributed by atoms with E-state index in [1.165, 1.54) is 0 Å². The van der Waals surface area contributed by atoms with Gasteiger partial charge in [0.05, 0.1) is 31.3 Å². The lowest BCUT2D eigenvalue weighted by atomic mass is 10.1. The molecule has 0 aliphatic heterocycles. The maximum Gasteiger partial charge on any atom is 0.244 e. The largest absolute Gasteiger partial charge is 0.493 e. The van der Waals surface area contributed by atoms with Gasteiger partial charge < -0.3 is 9.47 Å². The van der Waals surface area contributed by atoms with Gasteiger partial charge in [-0.05, 0) is 39.2 Å². The number of hydrogen-bond acceptors (Lipinski definition) is 4. The van der Waals surface area contributed by atoms with Crippen LogP contribution in [0.4, 0.5) is 0 Å². The molecule has 0 heterocycles. The number of nitrogens with one attached hydrogen (secondary N) is 1. The molecule has 0 spiro atoms. The molecule has 2 aromatic carbocycles. The Kier molecular flexibility index (Phi) is 6.17. The maximum absolute atomic E-state index is 11.8. The maximum atomic E-state index is 11.8. The molecular formula is C17H17BrN2O3. The molecule has 23 heavy (non-hydrogen) atoms. The van der Waals surface area contributed by atoms with Crippen LogP contribution < -0.4 is 14.9 Å². The third-order valence-electron chi connectivity index (χ3n) is 3.07. The van der Waals surface area contributed by atoms with Gasteiger partial charge in [-0.3, -0.25) is 4.79 Å². The van der Waals surface area contributed by atoms with Crippen LogP contribution >= 0.6 is 15.9 Å². The van der Waals surface area contributed by atoms with E-state index in [4.69, 9.17) is 9.47 Å². The first-order valence-corrected chi connectivity index (χ1v) is 7.70. The van der Waals surface area contributed by atoms with E-state index in [0.717, 1.165) is 15.6 Å². The van der Waals surface area contributed by atoms with Crippen molar-refractivity contribution in [1.82, 2.24) is 5.43 Å². The summed E-state index contributed by atoms with van der Waals surface area (Å²) in [5.41, 5.74) is 4.22. The van der Waals surface area contributed by atoms with E-state index in [1.54, 1.807) is 26.5 Å². The van der Waals surface area contributed by atoms with Crippen molar-refractivity contribution >= 4 is 28.1 Å². The van der Waals surface area contributed by atoms with Crippen LogP contribution in [-0.4, -0.2) is 26.3 Å². The third-order valence-corrected chi connectivity index (χ3v) is 3.66. The van der Waals surface area contributed by atoms with Crippen molar-refractivity contribution in [2.24, 2.45) is 5.10 Å².